The molecule has 0 unspecified atom stereocenters. The Bertz CT molecular complexity index is 950. The summed E-state index contributed by atoms with van der Waals surface area (Å²) in [5.74, 6) is -0.386. The average molecular weight is 433 g/mol. The van der Waals surface area contributed by atoms with Crippen LogP contribution >= 0.6 is 0 Å². The Kier molecular flexibility index (Phi) is 6.02. The summed E-state index contributed by atoms with van der Waals surface area (Å²) < 4.78 is 50.3. The van der Waals surface area contributed by atoms with Crippen LogP contribution in [0.5, 0.6) is 0 Å². The van der Waals surface area contributed by atoms with Gasteiger partial charge < -0.3 is 19.5 Å². The predicted molar refractivity (Wildman–Crippen MR) is 105 cm³/mol. The van der Waals surface area contributed by atoms with E-state index < -0.39 is 18.0 Å². The van der Waals surface area contributed by atoms with E-state index in [0.29, 0.717) is 25.1 Å². The van der Waals surface area contributed by atoms with E-state index in [9.17, 15) is 18.0 Å². The summed E-state index contributed by atoms with van der Waals surface area (Å²) in [6.07, 6.45) is -3.08. The summed E-state index contributed by atoms with van der Waals surface area (Å²) in [4.78, 5) is 14.1. The number of rotatable bonds is 6. The van der Waals surface area contributed by atoms with E-state index in [0.717, 1.165) is 23.3 Å². The lowest BCUT2D eigenvalue weighted by molar-refractivity contribution is -0.152. The van der Waals surface area contributed by atoms with Crippen molar-refractivity contribution in [3.63, 3.8) is 0 Å². The molecule has 0 aromatic heterocycles. The maximum Gasteiger partial charge on any atom is 0.416 e. The van der Waals surface area contributed by atoms with Crippen molar-refractivity contribution in [2.75, 3.05) is 13.1 Å². The first-order chi connectivity index (χ1) is 14.8. The minimum Gasteiger partial charge on any atom is -0.459 e. The van der Waals surface area contributed by atoms with E-state index in [2.05, 4.69) is 0 Å². The number of halogens is 3. The summed E-state index contributed by atoms with van der Waals surface area (Å²) in [5, 5.41) is 9.14. The quantitative estimate of drug-likeness (QED) is 0.701. The van der Waals surface area contributed by atoms with Gasteiger partial charge in [0.05, 0.1) is 18.8 Å². The molecule has 1 saturated heterocycles. The van der Waals surface area contributed by atoms with Gasteiger partial charge in [0, 0.05) is 25.4 Å². The van der Waals surface area contributed by atoms with Gasteiger partial charge in [0.2, 0.25) is 6.29 Å². The molecule has 0 bridgehead atoms. The standard InChI is InChI=1S/C23H22F3NO4/c24-23(25,26)19-7-5-17(6-8-19)18-11-20(22(29)27-9-10-27)31-21(12-18)30-14-16-3-1-15(13-28)2-4-16/h1-8,11,18,21,28H,9-10,12-14H2/t18-,21+/m1/s1. The van der Waals surface area contributed by atoms with Crippen LogP contribution in [-0.4, -0.2) is 35.3 Å². The van der Waals surface area contributed by atoms with Crippen molar-refractivity contribution in [2.24, 2.45) is 0 Å². The fourth-order valence-corrected chi connectivity index (χ4v) is 3.40. The van der Waals surface area contributed by atoms with Crippen molar-refractivity contribution in [3.05, 3.63) is 82.6 Å². The van der Waals surface area contributed by atoms with Gasteiger partial charge in [-0.05, 0) is 34.9 Å². The maximum atomic E-state index is 12.9. The van der Waals surface area contributed by atoms with Crippen LogP contribution in [0, 0.1) is 0 Å². The van der Waals surface area contributed by atoms with E-state index >= 15 is 0 Å². The average Bonchev–Trinajstić information content (AvgIpc) is 3.62. The molecule has 1 fully saturated rings. The molecular formula is C23H22F3NO4. The second-order valence-corrected chi connectivity index (χ2v) is 7.62. The smallest absolute Gasteiger partial charge is 0.416 e. The lowest BCUT2D eigenvalue weighted by Crippen LogP contribution is -2.29. The lowest BCUT2D eigenvalue weighted by Gasteiger charge is -2.29. The predicted octanol–water partition coefficient (Wildman–Crippen LogP) is 3.97. The van der Waals surface area contributed by atoms with E-state index in [-0.39, 0.29) is 30.8 Å². The Balaban J connectivity index is 1.49. The van der Waals surface area contributed by atoms with E-state index in [1.807, 2.05) is 12.1 Å². The van der Waals surface area contributed by atoms with E-state index in [1.165, 1.54) is 12.1 Å². The van der Waals surface area contributed by atoms with Gasteiger partial charge in [-0.2, -0.15) is 13.2 Å². The molecule has 5 nitrogen and oxygen atoms in total. The zero-order chi connectivity index (χ0) is 22.0. The van der Waals surface area contributed by atoms with Gasteiger partial charge >= 0.3 is 6.18 Å². The SMILES string of the molecule is O=C(C1=C[C@@H](c2ccc(C(F)(F)F)cc2)C[C@@H](OCc2ccc(CO)cc2)O1)N1CC1. The highest BCUT2D eigenvalue weighted by molar-refractivity contribution is 5.93. The number of aliphatic hydroxyl groups excluding tert-OH is 1. The molecule has 1 amide bonds. The molecule has 2 aliphatic heterocycles. The Morgan fingerprint density at radius 3 is 2.29 bits per heavy atom. The zero-order valence-electron chi connectivity index (χ0n) is 16.6. The zero-order valence-corrected chi connectivity index (χ0v) is 16.6. The Morgan fingerprint density at radius 2 is 1.71 bits per heavy atom. The van der Waals surface area contributed by atoms with Crippen LogP contribution in [0.3, 0.4) is 0 Å². The van der Waals surface area contributed by atoms with Crippen LogP contribution in [-0.2, 0) is 33.7 Å². The molecular weight excluding hydrogens is 411 g/mol. The van der Waals surface area contributed by atoms with Gasteiger partial charge in [-0.3, -0.25) is 4.79 Å². The monoisotopic (exact) mass is 433 g/mol. The number of hydrogen-bond acceptors (Lipinski definition) is 4. The summed E-state index contributed by atoms with van der Waals surface area (Å²) in [6, 6.07) is 12.2. The lowest BCUT2D eigenvalue weighted by atomic mass is 9.92. The number of carbonyl (C=O) groups is 1. The molecule has 0 radical (unpaired) electrons. The number of hydrogen-bond donors (Lipinski definition) is 1. The Morgan fingerprint density at radius 1 is 1.06 bits per heavy atom. The van der Waals surface area contributed by atoms with Crippen molar-refractivity contribution < 1.29 is 32.5 Å². The maximum absolute atomic E-state index is 12.9. The second-order valence-electron chi connectivity index (χ2n) is 7.62. The van der Waals surface area contributed by atoms with Gasteiger partial charge in [-0.25, -0.2) is 0 Å². The third-order valence-corrected chi connectivity index (χ3v) is 5.31. The van der Waals surface area contributed by atoms with Crippen LogP contribution in [0.15, 0.2) is 60.4 Å². The molecule has 2 atom stereocenters. The fraction of sp³-hybridized carbons (Fsp3) is 0.348. The first-order valence-corrected chi connectivity index (χ1v) is 9.98. The summed E-state index contributed by atoms with van der Waals surface area (Å²) in [7, 11) is 0. The van der Waals surface area contributed by atoms with Crippen molar-refractivity contribution in [1.82, 2.24) is 4.90 Å². The molecule has 164 valence electrons. The number of nitrogens with zero attached hydrogens (tertiary/aromatic N) is 1. The van der Waals surface area contributed by atoms with Crippen LogP contribution in [0.1, 0.15) is 34.6 Å². The largest absolute Gasteiger partial charge is 0.459 e. The highest BCUT2D eigenvalue weighted by atomic mass is 19.4. The molecule has 4 rings (SSSR count). The molecule has 0 saturated carbocycles. The highest BCUT2D eigenvalue weighted by Gasteiger charge is 2.35. The van der Waals surface area contributed by atoms with Crippen molar-refractivity contribution in [1.29, 1.82) is 0 Å². The molecule has 31 heavy (non-hydrogen) atoms. The van der Waals surface area contributed by atoms with Crippen LogP contribution < -0.4 is 0 Å². The van der Waals surface area contributed by atoms with Crippen LogP contribution in [0.25, 0.3) is 0 Å². The summed E-state index contributed by atoms with van der Waals surface area (Å²) in [6.45, 7) is 1.51. The molecule has 2 heterocycles. The normalized spacial score (nSPS) is 20.8. The minimum absolute atomic E-state index is 0.0472. The van der Waals surface area contributed by atoms with Gasteiger partial charge in [-0.1, -0.05) is 36.4 Å². The summed E-state index contributed by atoms with van der Waals surface area (Å²) >= 11 is 0. The van der Waals surface area contributed by atoms with Gasteiger partial charge in [-0.15, -0.1) is 0 Å². The second kappa shape index (κ2) is 8.72. The highest BCUT2D eigenvalue weighted by Crippen LogP contribution is 2.35. The number of alkyl halides is 3. The van der Waals surface area contributed by atoms with Crippen molar-refractivity contribution in [2.45, 2.75) is 38.0 Å². The molecule has 1 N–H and O–H groups in total. The van der Waals surface area contributed by atoms with Gasteiger partial charge in [0.15, 0.2) is 5.76 Å². The third kappa shape index (κ3) is 5.26. The van der Waals surface area contributed by atoms with Crippen molar-refractivity contribution in [3.8, 4) is 0 Å². The molecule has 8 heteroatoms. The fourth-order valence-electron chi connectivity index (χ4n) is 3.40. The van der Waals surface area contributed by atoms with Crippen LogP contribution in [0.2, 0.25) is 0 Å². The molecule has 0 spiro atoms. The van der Waals surface area contributed by atoms with Gasteiger partial charge in [0.1, 0.15) is 0 Å². The topological polar surface area (TPSA) is 58.8 Å². The number of ether oxygens (including phenoxy) is 2. The molecule has 2 aromatic rings. The Labute approximate surface area is 177 Å². The first kappa shape index (κ1) is 21.4. The number of aliphatic hydroxyl groups is 1. The van der Waals surface area contributed by atoms with Gasteiger partial charge in [0.25, 0.3) is 5.91 Å². The molecule has 2 aromatic carbocycles. The first-order valence-electron chi connectivity index (χ1n) is 9.98. The number of carbonyl (C=O) groups excluding carboxylic acids is 1. The van der Waals surface area contributed by atoms with E-state index in [1.54, 1.807) is 23.1 Å². The third-order valence-electron chi connectivity index (χ3n) is 5.31. The number of benzene rings is 2. The number of allylic oxidation sites excluding steroid dienone is 1. The van der Waals surface area contributed by atoms with Crippen LogP contribution in [0.4, 0.5) is 13.2 Å². The minimum atomic E-state index is -4.40. The van der Waals surface area contributed by atoms with Crippen molar-refractivity contribution >= 4 is 5.91 Å². The van der Waals surface area contributed by atoms with E-state index in [4.69, 9.17) is 14.6 Å². The molecule has 2 aliphatic rings. The summed E-state index contributed by atoms with van der Waals surface area (Å²) in [5.41, 5.74) is 1.61. The molecule has 0 aliphatic carbocycles. The Hall–Kier alpha value is -2.84. The number of amides is 1.